The number of hydrogen-bond acceptors (Lipinski definition) is 6. The molecule has 7 nitrogen and oxygen atoms in total. The third-order valence-corrected chi connectivity index (χ3v) is 4.61. The number of nitrogens with two attached hydrogens (primary N) is 1. The smallest absolute Gasteiger partial charge is 0.303 e. The number of benzene rings is 1. The topological polar surface area (TPSA) is 111 Å². The van der Waals surface area contributed by atoms with Crippen molar-refractivity contribution in [2.45, 2.75) is 23.8 Å². The number of aryl methyl sites for hydroxylation is 1. The minimum atomic E-state index is -1.02. The first kappa shape index (κ1) is 17.6. The Balaban J connectivity index is 2.11. The van der Waals surface area contributed by atoms with Crippen molar-refractivity contribution in [2.24, 2.45) is 0 Å². The highest BCUT2D eigenvalue weighted by Gasteiger charge is 2.12. The molecule has 0 atom stereocenters. The van der Waals surface area contributed by atoms with Crippen molar-refractivity contribution in [3.63, 3.8) is 0 Å². The maximum absolute atomic E-state index is 12.0. The molecule has 0 radical (unpaired) electrons. The minimum Gasteiger partial charge on any atom is -0.481 e. The van der Waals surface area contributed by atoms with Crippen LogP contribution < -0.4 is 11.4 Å². The third kappa shape index (κ3) is 4.60. The minimum absolute atomic E-state index is 0.0178. The van der Waals surface area contributed by atoms with Crippen LogP contribution in [-0.4, -0.2) is 25.9 Å². The average molecular weight is 375 g/mol. The summed E-state index contributed by atoms with van der Waals surface area (Å²) in [7, 11) is 0. The van der Waals surface area contributed by atoms with Crippen LogP contribution in [0.1, 0.15) is 17.7 Å². The summed E-state index contributed by atoms with van der Waals surface area (Å²) < 4.78 is 0.867. The lowest BCUT2D eigenvalue weighted by molar-refractivity contribution is -0.136. The molecule has 2 rings (SSSR count). The molecule has 0 spiro atoms. The Morgan fingerprint density at radius 1 is 1.30 bits per heavy atom. The predicted octanol–water partition coefficient (Wildman–Crippen LogP) is 1.97. The second-order valence-corrected chi connectivity index (χ2v) is 6.29. The normalized spacial score (nSPS) is 10.7. The van der Waals surface area contributed by atoms with Crippen molar-refractivity contribution < 1.29 is 9.90 Å². The Kier molecular flexibility index (Phi) is 5.86. The van der Waals surface area contributed by atoms with E-state index in [2.05, 4.69) is 10.2 Å². The van der Waals surface area contributed by atoms with Crippen LogP contribution in [0.4, 0.5) is 0 Å². The van der Waals surface area contributed by atoms with Gasteiger partial charge >= 0.3 is 5.97 Å². The van der Waals surface area contributed by atoms with Crippen molar-refractivity contribution in [3.05, 3.63) is 49.9 Å². The van der Waals surface area contributed by atoms with Gasteiger partial charge in [0.25, 0.3) is 5.56 Å². The van der Waals surface area contributed by atoms with E-state index in [1.165, 1.54) is 11.8 Å². The van der Waals surface area contributed by atoms with Crippen LogP contribution in [0.3, 0.4) is 0 Å². The number of halogens is 2. The van der Waals surface area contributed by atoms with Gasteiger partial charge in [-0.15, -0.1) is 10.2 Å². The Morgan fingerprint density at radius 3 is 2.70 bits per heavy atom. The Bertz CT molecular complexity index is 797. The van der Waals surface area contributed by atoms with E-state index in [0.717, 1.165) is 10.2 Å². The Labute approximate surface area is 145 Å². The molecule has 122 valence electrons. The van der Waals surface area contributed by atoms with Gasteiger partial charge in [0, 0.05) is 12.2 Å². The van der Waals surface area contributed by atoms with Crippen LogP contribution in [0.2, 0.25) is 10.0 Å². The van der Waals surface area contributed by atoms with Gasteiger partial charge in [0.2, 0.25) is 5.16 Å². The summed E-state index contributed by atoms with van der Waals surface area (Å²) in [5, 5.41) is 17.4. The molecule has 0 bridgehead atoms. The number of aliphatic carboxylic acids is 1. The number of rotatable bonds is 6. The fourth-order valence-corrected chi connectivity index (χ4v) is 2.79. The molecule has 0 saturated carbocycles. The van der Waals surface area contributed by atoms with Crippen molar-refractivity contribution in [2.75, 3.05) is 5.84 Å². The second-order valence-electron chi connectivity index (χ2n) is 4.54. The maximum atomic E-state index is 12.0. The second kappa shape index (κ2) is 7.67. The van der Waals surface area contributed by atoms with Crippen LogP contribution in [0.5, 0.6) is 0 Å². The van der Waals surface area contributed by atoms with Crippen molar-refractivity contribution in [1.29, 1.82) is 0 Å². The monoisotopic (exact) mass is 374 g/mol. The lowest BCUT2D eigenvalue weighted by atomic mass is 10.2. The number of thioether (sulfide) groups is 1. The molecule has 0 aliphatic rings. The molecule has 23 heavy (non-hydrogen) atoms. The molecular weight excluding hydrogens is 363 g/mol. The summed E-state index contributed by atoms with van der Waals surface area (Å²) in [5.41, 5.74) is 0.347. The van der Waals surface area contributed by atoms with E-state index in [0.29, 0.717) is 15.8 Å². The lowest BCUT2D eigenvalue weighted by Crippen LogP contribution is -2.33. The zero-order valence-corrected chi connectivity index (χ0v) is 14.0. The number of nitrogen functional groups attached to an aromatic ring is 1. The standard InChI is InChI=1S/C13H12Cl2N4O3S/c14-8-2-1-7(5-9(8)15)6-23-13-18-17-10(3-4-11(20)21)12(22)19(13)16/h1-2,5H,3-4,6,16H2,(H,20,21). The molecule has 0 unspecified atom stereocenters. The van der Waals surface area contributed by atoms with Gasteiger partial charge in [0.1, 0.15) is 5.69 Å². The molecule has 1 aromatic heterocycles. The number of carboxylic acids is 1. The quantitative estimate of drug-likeness (QED) is 0.587. The van der Waals surface area contributed by atoms with Gasteiger partial charge in [-0.05, 0) is 17.7 Å². The van der Waals surface area contributed by atoms with E-state index in [4.69, 9.17) is 34.2 Å². The van der Waals surface area contributed by atoms with E-state index in [9.17, 15) is 9.59 Å². The molecule has 10 heteroatoms. The van der Waals surface area contributed by atoms with Gasteiger partial charge in [-0.2, -0.15) is 4.68 Å². The van der Waals surface area contributed by atoms with Crippen molar-refractivity contribution >= 4 is 40.9 Å². The summed E-state index contributed by atoms with van der Waals surface area (Å²) >= 11 is 13.0. The highest BCUT2D eigenvalue weighted by Crippen LogP contribution is 2.26. The van der Waals surface area contributed by atoms with Crippen molar-refractivity contribution in [1.82, 2.24) is 14.9 Å². The number of carboxylic acid groups (broad SMARTS) is 1. The van der Waals surface area contributed by atoms with Crippen LogP contribution in [0.15, 0.2) is 28.2 Å². The van der Waals surface area contributed by atoms with Crippen LogP contribution in [0, 0.1) is 0 Å². The SMILES string of the molecule is Nn1c(SCc2ccc(Cl)c(Cl)c2)nnc(CCC(=O)O)c1=O. The van der Waals surface area contributed by atoms with Gasteiger partial charge in [-0.25, -0.2) is 0 Å². The first-order valence-corrected chi connectivity index (χ1v) is 8.15. The Morgan fingerprint density at radius 2 is 2.04 bits per heavy atom. The zero-order valence-electron chi connectivity index (χ0n) is 11.7. The molecule has 1 heterocycles. The van der Waals surface area contributed by atoms with Gasteiger partial charge in [-0.3, -0.25) is 9.59 Å². The molecule has 0 fully saturated rings. The van der Waals surface area contributed by atoms with E-state index in [1.54, 1.807) is 18.2 Å². The molecule has 0 saturated heterocycles. The summed E-state index contributed by atoms with van der Waals surface area (Å²) in [6.45, 7) is 0. The van der Waals surface area contributed by atoms with Crippen LogP contribution in [-0.2, 0) is 17.0 Å². The molecule has 1 aromatic carbocycles. The lowest BCUT2D eigenvalue weighted by Gasteiger charge is -2.07. The van der Waals surface area contributed by atoms with Gasteiger partial charge in [0.15, 0.2) is 0 Å². The predicted molar refractivity (Wildman–Crippen MR) is 88.4 cm³/mol. The number of carbonyl (C=O) groups is 1. The Hall–Kier alpha value is -1.77. The van der Waals surface area contributed by atoms with Crippen LogP contribution >= 0.6 is 35.0 Å². The van der Waals surface area contributed by atoms with E-state index in [1.807, 2.05) is 0 Å². The molecule has 2 aromatic rings. The molecule has 3 N–H and O–H groups in total. The summed E-state index contributed by atoms with van der Waals surface area (Å²) in [4.78, 5) is 22.5. The fraction of sp³-hybridized carbons (Fsp3) is 0.231. The third-order valence-electron chi connectivity index (χ3n) is 2.86. The van der Waals surface area contributed by atoms with Gasteiger partial charge < -0.3 is 10.9 Å². The number of nitrogens with zero attached hydrogens (tertiary/aromatic N) is 3. The molecular formula is C13H12Cl2N4O3S. The van der Waals surface area contributed by atoms with Crippen LogP contribution in [0.25, 0.3) is 0 Å². The van der Waals surface area contributed by atoms with Gasteiger partial charge in [0.05, 0.1) is 16.5 Å². The average Bonchev–Trinajstić information content (AvgIpc) is 2.51. The van der Waals surface area contributed by atoms with Crippen molar-refractivity contribution in [3.8, 4) is 0 Å². The number of aromatic nitrogens is 3. The summed E-state index contributed by atoms with van der Waals surface area (Å²) in [6, 6.07) is 5.19. The zero-order chi connectivity index (χ0) is 17.0. The largest absolute Gasteiger partial charge is 0.481 e. The maximum Gasteiger partial charge on any atom is 0.303 e. The highest BCUT2D eigenvalue weighted by molar-refractivity contribution is 7.98. The first-order valence-electron chi connectivity index (χ1n) is 6.40. The fourth-order valence-electron chi connectivity index (χ4n) is 1.68. The molecule has 0 aliphatic carbocycles. The summed E-state index contributed by atoms with van der Waals surface area (Å²) in [5.74, 6) is 5.14. The van der Waals surface area contributed by atoms with E-state index >= 15 is 0 Å². The molecule has 0 amide bonds. The van der Waals surface area contributed by atoms with E-state index in [-0.39, 0.29) is 23.7 Å². The number of hydrogen-bond donors (Lipinski definition) is 2. The summed E-state index contributed by atoms with van der Waals surface area (Å²) in [6.07, 6.45) is -0.226. The first-order chi connectivity index (χ1) is 10.9. The van der Waals surface area contributed by atoms with E-state index < -0.39 is 11.5 Å². The highest BCUT2D eigenvalue weighted by atomic mass is 35.5. The molecule has 0 aliphatic heterocycles. The van der Waals surface area contributed by atoms with Gasteiger partial charge in [-0.1, -0.05) is 41.0 Å².